The first-order chi connectivity index (χ1) is 12.0. The molecule has 0 bridgehead atoms. The highest BCUT2D eigenvalue weighted by Crippen LogP contribution is 2.43. The van der Waals surface area contributed by atoms with E-state index in [1.807, 2.05) is 44.2 Å². The third-order valence-electron chi connectivity index (χ3n) is 5.72. The van der Waals surface area contributed by atoms with Gasteiger partial charge in [0.2, 0.25) is 8.32 Å². The minimum atomic E-state index is -2.00. The van der Waals surface area contributed by atoms with Crippen LogP contribution in [-0.2, 0) is 9.22 Å². The molecule has 1 aromatic rings. The fourth-order valence-electron chi connectivity index (χ4n) is 4.38. The van der Waals surface area contributed by atoms with E-state index < -0.39 is 20.3 Å². The molecule has 0 aliphatic heterocycles. The van der Waals surface area contributed by atoms with Crippen LogP contribution in [0.5, 0.6) is 0 Å². The Morgan fingerprint density at radius 2 is 1.38 bits per heavy atom. The van der Waals surface area contributed by atoms with Crippen LogP contribution in [0, 0.1) is 5.92 Å². The van der Waals surface area contributed by atoms with Crippen molar-refractivity contribution in [1.82, 2.24) is 0 Å². The van der Waals surface area contributed by atoms with E-state index in [1.165, 1.54) is 0 Å². The van der Waals surface area contributed by atoms with Crippen molar-refractivity contribution in [2.24, 2.45) is 5.92 Å². The van der Waals surface area contributed by atoms with E-state index in [2.05, 4.69) is 41.5 Å². The molecule has 3 nitrogen and oxygen atoms in total. The van der Waals surface area contributed by atoms with E-state index in [0.717, 1.165) is 5.56 Å². The first kappa shape index (κ1) is 23.1. The molecule has 148 valence electrons. The SMILES string of the molecule is CC(C)[Si](O[C@H](C)CC(=O)[C@@H](C)[C@@H](O)c1ccccc1)(C(C)C)C(C)C. The van der Waals surface area contributed by atoms with Gasteiger partial charge in [0, 0.05) is 18.4 Å². The molecule has 4 heteroatoms. The molecule has 0 amide bonds. The standard InChI is InChI=1S/C22H38O3Si/c1-15(2)26(16(3)4,17(5)6)25-18(7)14-21(23)19(8)22(24)20-12-10-9-11-13-20/h9-13,15-19,22,24H,14H2,1-8H3/t18-,19-,22-/m1/s1. The van der Waals surface area contributed by atoms with Gasteiger partial charge in [-0.15, -0.1) is 0 Å². The molecule has 0 spiro atoms. The summed E-state index contributed by atoms with van der Waals surface area (Å²) in [6.07, 6.45) is -0.531. The highest BCUT2D eigenvalue weighted by atomic mass is 28.4. The fourth-order valence-corrected chi connectivity index (χ4v) is 9.98. The summed E-state index contributed by atoms with van der Waals surface area (Å²) in [4.78, 5) is 12.7. The van der Waals surface area contributed by atoms with Crippen molar-refractivity contribution < 1.29 is 14.3 Å². The van der Waals surface area contributed by atoms with Gasteiger partial charge in [0.25, 0.3) is 0 Å². The quantitative estimate of drug-likeness (QED) is 0.516. The van der Waals surface area contributed by atoms with E-state index in [9.17, 15) is 9.90 Å². The topological polar surface area (TPSA) is 46.5 Å². The second kappa shape index (κ2) is 9.82. The number of carbonyl (C=O) groups excluding carboxylic acids is 1. The average Bonchev–Trinajstić information content (AvgIpc) is 2.57. The van der Waals surface area contributed by atoms with Crippen LogP contribution in [0.15, 0.2) is 30.3 Å². The first-order valence-corrected chi connectivity index (χ1v) is 12.1. The van der Waals surface area contributed by atoms with E-state index in [1.54, 1.807) is 0 Å². The Hall–Kier alpha value is -0.973. The van der Waals surface area contributed by atoms with E-state index >= 15 is 0 Å². The molecule has 3 atom stereocenters. The molecule has 0 aliphatic rings. The maximum absolute atomic E-state index is 12.7. The van der Waals surface area contributed by atoms with Crippen molar-refractivity contribution in [1.29, 1.82) is 0 Å². The van der Waals surface area contributed by atoms with Crippen LogP contribution in [0.1, 0.15) is 73.5 Å². The smallest absolute Gasteiger partial charge is 0.200 e. The maximum atomic E-state index is 12.7. The third kappa shape index (κ3) is 5.27. The number of carbonyl (C=O) groups is 1. The second-order valence-electron chi connectivity index (χ2n) is 8.56. The van der Waals surface area contributed by atoms with Gasteiger partial charge >= 0.3 is 0 Å². The lowest BCUT2D eigenvalue weighted by Crippen LogP contribution is -2.50. The number of benzene rings is 1. The van der Waals surface area contributed by atoms with Crippen LogP contribution in [0.25, 0.3) is 0 Å². The monoisotopic (exact) mass is 378 g/mol. The van der Waals surface area contributed by atoms with Crippen LogP contribution >= 0.6 is 0 Å². The van der Waals surface area contributed by atoms with Crippen LogP contribution in [0.2, 0.25) is 16.6 Å². The van der Waals surface area contributed by atoms with Crippen LogP contribution < -0.4 is 0 Å². The lowest BCUT2D eigenvalue weighted by atomic mass is 9.91. The Morgan fingerprint density at radius 1 is 0.923 bits per heavy atom. The molecule has 1 N–H and O–H groups in total. The summed E-state index contributed by atoms with van der Waals surface area (Å²) in [6.45, 7) is 17.3. The molecule has 1 rings (SSSR count). The van der Waals surface area contributed by atoms with Crippen molar-refractivity contribution >= 4 is 14.1 Å². The molecule has 0 aliphatic carbocycles. The fraction of sp³-hybridized carbons (Fsp3) is 0.682. The molecule has 0 unspecified atom stereocenters. The summed E-state index contributed by atoms with van der Waals surface area (Å²) in [5.41, 5.74) is 2.27. The van der Waals surface area contributed by atoms with Gasteiger partial charge in [-0.05, 0) is 29.1 Å². The predicted molar refractivity (Wildman–Crippen MR) is 112 cm³/mol. The number of hydrogen-bond donors (Lipinski definition) is 1. The lowest BCUT2D eigenvalue weighted by Gasteiger charge is -2.44. The number of hydrogen-bond acceptors (Lipinski definition) is 3. The zero-order valence-corrected chi connectivity index (χ0v) is 18.8. The Labute approximate surface area is 161 Å². The van der Waals surface area contributed by atoms with Gasteiger partial charge in [-0.25, -0.2) is 0 Å². The molecular formula is C22H38O3Si. The number of ketones is 1. The maximum Gasteiger partial charge on any atom is 0.200 e. The summed E-state index contributed by atoms with van der Waals surface area (Å²) >= 11 is 0. The van der Waals surface area contributed by atoms with Gasteiger partial charge in [-0.2, -0.15) is 0 Å². The van der Waals surface area contributed by atoms with Crippen molar-refractivity contribution in [2.45, 2.75) is 90.6 Å². The average molecular weight is 379 g/mol. The first-order valence-electron chi connectivity index (χ1n) is 9.97. The van der Waals surface area contributed by atoms with Crippen molar-refractivity contribution in [3.8, 4) is 0 Å². The predicted octanol–water partition coefficient (Wildman–Crippen LogP) is 5.90. The molecule has 26 heavy (non-hydrogen) atoms. The molecule has 0 saturated carbocycles. The Bertz CT molecular complexity index is 532. The van der Waals surface area contributed by atoms with Crippen molar-refractivity contribution in [3.05, 3.63) is 35.9 Å². The molecule has 0 radical (unpaired) electrons. The van der Waals surface area contributed by atoms with E-state index in [0.29, 0.717) is 23.0 Å². The van der Waals surface area contributed by atoms with Gasteiger partial charge in [0.15, 0.2) is 0 Å². The summed E-state index contributed by atoms with van der Waals surface area (Å²) in [7, 11) is -2.00. The largest absolute Gasteiger partial charge is 0.413 e. The van der Waals surface area contributed by atoms with Crippen molar-refractivity contribution in [3.63, 3.8) is 0 Å². The van der Waals surface area contributed by atoms with Gasteiger partial charge < -0.3 is 9.53 Å². The van der Waals surface area contributed by atoms with Gasteiger partial charge in [-0.1, -0.05) is 78.8 Å². The third-order valence-corrected chi connectivity index (χ3v) is 11.9. The number of Topliss-reactive ketones (excluding diaryl/α,β-unsaturated/α-hetero) is 1. The van der Waals surface area contributed by atoms with Crippen LogP contribution in [-0.4, -0.2) is 25.3 Å². The zero-order valence-electron chi connectivity index (χ0n) is 17.8. The molecule has 0 aromatic heterocycles. The Balaban J connectivity index is 2.82. The summed E-state index contributed by atoms with van der Waals surface area (Å²) in [6, 6.07) is 9.41. The highest BCUT2D eigenvalue weighted by Gasteiger charge is 2.46. The summed E-state index contributed by atoms with van der Waals surface area (Å²) in [5.74, 6) is -0.371. The Morgan fingerprint density at radius 3 is 1.81 bits per heavy atom. The summed E-state index contributed by atoms with van der Waals surface area (Å²) < 4.78 is 6.67. The Kier molecular flexibility index (Phi) is 8.71. The normalized spacial score (nSPS) is 16.2. The van der Waals surface area contributed by atoms with E-state index in [-0.39, 0.29) is 11.9 Å². The number of aliphatic hydroxyl groups is 1. The molecular weight excluding hydrogens is 340 g/mol. The lowest BCUT2D eigenvalue weighted by molar-refractivity contribution is -0.127. The second-order valence-corrected chi connectivity index (χ2v) is 14.0. The highest BCUT2D eigenvalue weighted by molar-refractivity contribution is 6.77. The van der Waals surface area contributed by atoms with Gasteiger partial charge in [-0.3, -0.25) is 4.79 Å². The number of rotatable bonds is 10. The van der Waals surface area contributed by atoms with Gasteiger partial charge in [0.05, 0.1) is 6.10 Å². The zero-order chi connectivity index (χ0) is 20.1. The number of aliphatic hydroxyl groups excluding tert-OH is 1. The van der Waals surface area contributed by atoms with E-state index in [4.69, 9.17) is 4.43 Å². The molecule has 0 saturated heterocycles. The minimum absolute atomic E-state index is 0.0630. The van der Waals surface area contributed by atoms with Gasteiger partial charge in [0.1, 0.15) is 5.78 Å². The van der Waals surface area contributed by atoms with Crippen molar-refractivity contribution in [2.75, 3.05) is 0 Å². The molecule has 0 fully saturated rings. The molecule has 1 aromatic carbocycles. The minimum Gasteiger partial charge on any atom is -0.413 e. The molecule has 0 heterocycles. The summed E-state index contributed by atoms with van der Waals surface area (Å²) in [5, 5.41) is 10.5. The van der Waals surface area contributed by atoms with Crippen LogP contribution in [0.3, 0.4) is 0 Å². The van der Waals surface area contributed by atoms with Crippen LogP contribution in [0.4, 0.5) is 0 Å².